The van der Waals surface area contributed by atoms with Crippen LogP contribution >= 0.6 is 15.9 Å². The summed E-state index contributed by atoms with van der Waals surface area (Å²) in [7, 11) is 0. The molecule has 4 heteroatoms. The summed E-state index contributed by atoms with van der Waals surface area (Å²) in [4.78, 5) is 4.83. The van der Waals surface area contributed by atoms with Crippen LogP contribution in [-0.2, 0) is 0 Å². The SMILES string of the molecule is Brc1nc(C2CCCNC2)co1. The lowest BCUT2D eigenvalue weighted by molar-refractivity contribution is 0.452. The van der Waals surface area contributed by atoms with Crippen LogP contribution in [0.4, 0.5) is 0 Å². The normalized spacial score (nSPS) is 24.2. The fourth-order valence-electron chi connectivity index (χ4n) is 1.55. The molecule has 66 valence electrons. The number of oxazole rings is 1. The maximum absolute atomic E-state index is 5.10. The molecular weight excluding hydrogens is 220 g/mol. The summed E-state index contributed by atoms with van der Waals surface area (Å²) in [6.45, 7) is 2.16. The van der Waals surface area contributed by atoms with Crippen molar-refractivity contribution in [2.24, 2.45) is 0 Å². The molecule has 2 heterocycles. The molecule has 2 rings (SSSR count). The monoisotopic (exact) mass is 230 g/mol. The van der Waals surface area contributed by atoms with E-state index in [4.69, 9.17) is 4.42 Å². The van der Waals surface area contributed by atoms with Crippen LogP contribution in [0.25, 0.3) is 0 Å². The molecule has 1 aromatic rings. The van der Waals surface area contributed by atoms with Gasteiger partial charge in [-0.25, -0.2) is 4.98 Å². The molecule has 0 bridgehead atoms. The second-order valence-corrected chi connectivity index (χ2v) is 3.75. The van der Waals surface area contributed by atoms with Crippen LogP contribution in [0.2, 0.25) is 0 Å². The van der Waals surface area contributed by atoms with Gasteiger partial charge in [-0.2, -0.15) is 0 Å². The highest BCUT2D eigenvalue weighted by Gasteiger charge is 2.17. The predicted octanol–water partition coefficient (Wildman–Crippen LogP) is 1.90. The van der Waals surface area contributed by atoms with E-state index in [0.717, 1.165) is 18.8 Å². The molecule has 0 amide bonds. The van der Waals surface area contributed by atoms with Crippen molar-refractivity contribution >= 4 is 15.9 Å². The van der Waals surface area contributed by atoms with Gasteiger partial charge < -0.3 is 9.73 Å². The predicted molar refractivity (Wildman–Crippen MR) is 49.0 cm³/mol. The number of aromatic nitrogens is 1. The van der Waals surface area contributed by atoms with E-state index in [9.17, 15) is 0 Å². The molecule has 0 spiro atoms. The molecule has 1 N–H and O–H groups in total. The van der Waals surface area contributed by atoms with Gasteiger partial charge in [0.2, 0.25) is 0 Å². The third-order valence-electron chi connectivity index (χ3n) is 2.21. The van der Waals surface area contributed by atoms with Gasteiger partial charge in [0.1, 0.15) is 6.26 Å². The highest BCUT2D eigenvalue weighted by Crippen LogP contribution is 2.23. The van der Waals surface area contributed by atoms with E-state index in [1.165, 1.54) is 12.8 Å². The van der Waals surface area contributed by atoms with Crippen molar-refractivity contribution in [2.45, 2.75) is 18.8 Å². The van der Waals surface area contributed by atoms with E-state index in [1.54, 1.807) is 6.26 Å². The molecule has 1 saturated heterocycles. The van der Waals surface area contributed by atoms with Crippen LogP contribution < -0.4 is 5.32 Å². The second kappa shape index (κ2) is 3.58. The Hall–Kier alpha value is -0.350. The molecule has 1 atom stereocenters. The van der Waals surface area contributed by atoms with E-state index in [2.05, 4.69) is 26.2 Å². The zero-order valence-electron chi connectivity index (χ0n) is 6.72. The summed E-state index contributed by atoms with van der Waals surface area (Å²) in [5.41, 5.74) is 1.06. The van der Waals surface area contributed by atoms with Gasteiger partial charge in [0.05, 0.1) is 5.69 Å². The minimum absolute atomic E-state index is 0.536. The molecule has 1 aliphatic rings. The fourth-order valence-corrected chi connectivity index (χ4v) is 1.85. The number of nitrogens with zero attached hydrogens (tertiary/aromatic N) is 1. The lowest BCUT2D eigenvalue weighted by Gasteiger charge is -2.20. The maximum Gasteiger partial charge on any atom is 0.264 e. The van der Waals surface area contributed by atoms with Gasteiger partial charge in [-0.05, 0) is 19.4 Å². The first-order valence-corrected chi connectivity index (χ1v) is 4.97. The Morgan fingerprint density at radius 3 is 3.17 bits per heavy atom. The van der Waals surface area contributed by atoms with Crippen molar-refractivity contribution in [3.8, 4) is 0 Å². The minimum atomic E-state index is 0.536. The van der Waals surface area contributed by atoms with Gasteiger partial charge in [-0.15, -0.1) is 0 Å². The fraction of sp³-hybridized carbons (Fsp3) is 0.625. The zero-order valence-corrected chi connectivity index (χ0v) is 8.30. The second-order valence-electron chi connectivity index (χ2n) is 3.07. The summed E-state index contributed by atoms with van der Waals surface area (Å²) >= 11 is 3.20. The quantitative estimate of drug-likeness (QED) is 0.802. The van der Waals surface area contributed by atoms with Crippen LogP contribution in [0.3, 0.4) is 0 Å². The van der Waals surface area contributed by atoms with E-state index in [-0.39, 0.29) is 0 Å². The van der Waals surface area contributed by atoms with Gasteiger partial charge in [0.25, 0.3) is 4.80 Å². The first-order valence-electron chi connectivity index (χ1n) is 4.18. The number of piperidine rings is 1. The molecule has 3 nitrogen and oxygen atoms in total. The maximum atomic E-state index is 5.10. The van der Waals surface area contributed by atoms with Gasteiger partial charge in [-0.1, -0.05) is 0 Å². The van der Waals surface area contributed by atoms with Crippen molar-refractivity contribution in [3.63, 3.8) is 0 Å². The molecule has 1 unspecified atom stereocenters. The van der Waals surface area contributed by atoms with E-state index >= 15 is 0 Å². The highest BCUT2D eigenvalue weighted by molar-refractivity contribution is 9.10. The van der Waals surface area contributed by atoms with E-state index in [0.29, 0.717) is 10.7 Å². The summed E-state index contributed by atoms with van der Waals surface area (Å²) in [6, 6.07) is 0. The minimum Gasteiger partial charge on any atom is -0.439 e. The smallest absolute Gasteiger partial charge is 0.264 e. The van der Waals surface area contributed by atoms with Crippen LogP contribution in [0.15, 0.2) is 15.5 Å². The number of halogens is 1. The Morgan fingerprint density at radius 1 is 1.67 bits per heavy atom. The molecule has 0 aliphatic carbocycles. The number of hydrogen-bond donors (Lipinski definition) is 1. The Morgan fingerprint density at radius 2 is 2.58 bits per heavy atom. The number of hydrogen-bond acceptors (Lipinski definition) is 3. The topological polar surface area (TPSA) is 38.1 Å². The number of nitrogens with one attached hydrogen (secondary N) is 1. The molecule has 12 heavy (non-hydrogen) atoms. The van der Waals surface area contributed by atoms with Gasteiger partial charge in [0.15, 0.2) is 0 Å². The van der Waals surface area contributed by atoms with Crippen molar-refractivity contribution < 1.29 is 4.42 Å². The van der Waals surface area contributed by atoms with Gasteiger partial charge in [-0.3, -0.25) is 0 Å². The molecule has 1 aliphatic heterocycles. The zero-order chi connectivity index (χ0) is 8.39. The van der Waals surface area contributed by atoms with E-state index < -0.39 is 0 Å². The highest BCUT2D eigenvalue weighted by atomic mass is 79.9. The van der Waals surface area contributed by atoms with E-state index in [1.807, 2.05) is 0 Å². The van der Waals surface area contributed by atoms with Crippen LogP contribution in [0, 0.1) is 0 Å². The molecule has 0 saturated carbocycles. The van der Waals surface area contributed by atoms with Crippen LogP contribution in [0.1, 0.15) is 24.5 Å². The molecule has 0 radical (unpaired) electrons. The van der Waals surface area contributed by atoms with Crippen molar-refractivity contribution in [1.29, 1.82) is 0 Å². The summed E-state index contributed by atoms with van der Waals surface area (Å²) in [5.74, 6) is 0.536. The molecular formula is C8H11BrN2O. The van der Waals surface area contributed by atoms with Gasteiger partial charge >= 0.3 is 0 Å². The lowest BCUT2D eigenvalue weighted by Crippen LogP contribution is -2.28. The third kappa shape index (κ3) is 1.69. The first-order chi connectivity index (χ1) is 5.86. The number of rotatable bonds is 1. The summed E-state index contributed by atoms with van der Waals surface area (Å²) in [6.07, 6.45) is 4.18. The Bertz CT molecular complexity index is 255. The Kier molecular flexibility index (Phi) is 2.46. The van der Waals surface area contributed by atoms with Gasteiger partial charge in [0, 0.05) is 28.4 Å². The van der Waals surface area contributed by atoms with Crippen LogP contribution in [-0.4, -0.2) is 18.1 Å². The molecule has 0 aromatic carbocycles. The molecule has 1 aromatic heterocycles. The largest absolute Gasteiger partial charge is 0.439 e. The van der Waals surface area contributed by atoms with Crippen molar-refractivity contribution in [1.82, 2.24) is 10.3 Å². The lowest BCUT2D eigenvalue weighted by atomic mass is 9.97. The first kappa shape index (κ1) is 8.26. The summed E-state index contributed by atoms with van der Waals surface area (Å²) < 4.78 is 5.10. The molecule has 1 fully saturated rings. The third-order valence-corrected chi connectivity index (χ3v) is 2.57. The average Bonchev–Trinajstić information content (AvgIpc) is 2.54. The summed E-state index contributed by atoms with van der Waals surface area (Å²) in [5, 5.41) is 3.35. The van der Waals surface area contributed by atoms with Crippen LogP contribution in [0.5, 0.6) is 0 Å². The van der Waals surface area contributed by atoms with Crippen molar-refractivity contribution in [2.75, 3.05) is 13.1 Å². The Labute approximate surface area is 79.7 Å². The standard InChI is InChI=1S/C8H11BrN2O/c9-8-11-7(5-12-8)6-2-1-3-10-4-6/h5-6,10H,1-4H2. The average molecular weight is 231 g/mol. The van der Waals surface area contributed by atoms with Crippen molar-refractivity contribution in [3.05, 3.63) is 16.8 Å². The Balaban J connectivity index is 2.08.